The maximum Gasteiger partial charge on any atom is 0.0553 e. The molecule has 2 fully saturated rings. The van der Waals surface area contributed by atoms with Crippen molar-refractivity contribution in [2.45, 2.75) is 25.8 Å². The second-order valence-corrected chi connectivity index (χ2v) is 5.52. The van der Waals surface area contributed by atoms with E-state index in [1.54, 1.807) is 0 Å². The molecule has 3 rings (SSSR count). The molecule has 1 aromatic heterocycles. The average Bonchev–Trinajstić information content (AvgIpc) is 2.49. The molecule has 104 valence electrons. The molecular formula is C15H23N3O. The number of piperazine rings is 1. The van der Waals surface area contributed by atoms with Crippen LogP contribution in [0.4, 0.5) is 5.69 Å². The SMILES string of the molecule is Cc1ccc(N2CCN(C3CCOCC3)CC2)cn1. The maximum absolute atomic E-state index is 5.45. The van der Waals surface area contributed by atoms with Gasteiger partial charge in [-0.15, -0.1) is 0 Å². The van der Waals surface area contributed by atoms with E-state index < -0.39 is 0 Å². The molecule has 0 aliphatic carbocycles. The Hall–Kier alpha value is -1.13. The van der Waals surface area contributed by atoms with Gasteiger partial charge in [0.05, 0.1) is 11.9 Å². The van der Waals surface area contributed by atoms with Gasteiger partial charge in [0.1, 0.15) is 0 Å². The molecule has 1 aromatic rings. The third-order valence-electron chi connectivity index (χ3n) is 4.28. The third-order valence-corrected chi connectivity index (χ3v) is 4.28. The molecule has 2 aliphatic heterocycles. The van der Waals surface area contributed by atoms with Crippen LogP contribution >= 0.6 is 0 Å². The van der Waals surface area contributed by atoms with Crippen molar-refractivity contribution >= 4 is 5.69 Å². The normalized spacial score (nSPS) is 22.7. The van der Waals surface area contributed by atoms with Gasteiger partial charge in [-0.3, -0.25) is 9.88 Å². The summed E-state index contributed by atoms with van der Waals surface area (Å²) in [7, 11) is 0. The van der Waals surface area contributed by atoms with E-state index in [0.717, 1.165) is 38.0 Å². The molecule has 0 atom stereocenters. The summed E-state index contributed by atoms with van der Waals surface area (Å²) in [5, 5.41) is 0. The highest BCUT2D eigenvalue weighted by molar-refractivity contribution is 5.44. The van der Waals surface area contributed by atoms with Crippen molar-refractivity contribution in [3.05, 3.63) is 24.0 Å². The molecule has 4 heteroatoms. The molecule has 0 saturated carbocycles. The summed E-state index contributed by atoms with van der Waals surface area (Å²) < 4.78 is 5.45. The predicted octanol–water partition coefficient (Wildman–Crippen LogP) is 1.69. The Labute approximate surface area is 115 Å². The van der Waals surface area contributed by atoms with E-state index in [2.05, 4.69) is 26.9 Å². The van der Waals surface area contributed by atoms with Crippen LogP contribution in [-0.4, -0.2) is 55.3 Å². The van der Waals surface area contributed by atoms with Crippen molar-refractivity contribution in [1.82, 2.24) is 9.88 Å². The molecule has 2 saturated heterocycles. The Morgan fingerprint density at radius 3 is 2.47 bits per heavy atom. The lowest BCUT2D eigenvalue weighted by Gasteiger charge is -2.41. The van der Waals surface area contributed by atoms with Gasteiger partial charge in [-0.05, 0) is 31.9 Å². The second-order valence-electron chi connectivity index (χ2n) is 5.52. The van der Waals surface area contributed by atoms with Crippen molar-refractivity contribution in [3.8, 4) is 0 Å². The van der Waals surface area contributed by atoms with Gasteiger partial charge in [-0.25, -0.2) is 0 Å². The first-order valence-corrected chi connectivity index (χ1v) is 7.32. The van der Waals surface area contributed by atoms with Crippen molar-refractivity contribution in [2.24, 2.45) is 0 Å². The Balaban J connectivity index is 1.55. The Kier molecular flexibility index (Phi) is 3.99. The largest absolute Gasteiger partial charge is 0.381 e. The molecule has 0 unspecified atom stereocenters. The third kappa shape index (κ3) is 3.07. The van der Waals surface area contributed by atoms with Crippen molar-refractivity contribution in [3.63, 3.8) is 0 Å². The molecule has 3 heterocycles. The Morgan fingerprint density at radius 1 is 1.11 bits per heavy atom. The van der Waals surface area contributed by atoms with Crippen LogP contribution in [0.1, 0.15) is 18.5 Å². The van der Waals surface area contributed by atoms with Gasteiger partial charge in [0.2, 0.25) is 0 Å². The number of anilines is 1. The quantitative estimate of drug-likeness (QED) is 0.810. The molecule has 4 nitrogen and oxygen atoms in total. The smallest absolute Gasteiger partial charge is 0.0553 e. The standard InChI is InChI=1S/C15H23N3O/c1-13-2-3-15(12-16-13)18-8-6-17(7-9-18)14-4-10-19-11-5-14/h2-3,12,14H,4-11H2,1H3. The first kappa shape index (κ1) is 12.9. The van der Waals surface area contributed by atoms with Gasteiger partial charge in [0.15, 0.2) is 0 Å². The zero-order valence-corrected chi connectivity index (χ0v) is 11.7. The van der Waals surface area contributed by atoms with Crippen molar-refractivity contribution in [2.75, 3.05) is 44.3 Å². The van der Waals surface area contributed by atoms with Crippen LogP contribution in [0.25, 0.3) is 0 Å². The van der Waals surface area contributed by atoms with Crippen LogP contribution in [0.3, 0.4) is 0 Å². The van der Waals surface area contributed by atoms with Gasteiger partial charge >= 0.3 is 0 Å². The number of pyridine rings is 1. The Bertz CT molecular complexity index is 392. The minimum atomic E-state index is 0.743. The molecule has 0 spiro atoms. The van der Waals surface area contributed by atoms with E-state index >= 15 is 0 Å². The lowest BCUT2D eigenvalue weighted by atomic mass is 10.1. The monoisotopic (exact) mass is 261 g/mol. The van der Waals surface area contributed by atoms with Crippen LogP contribution < -0.4 is 4.90 Å². The van der Waals surface area contributed by atoms with E-state index in [-0.39, 0.29) is 0 Å². The average molecular weight is 261 g/mol. The molecule has 0 N–H and O–H groups in total. The number of nitrogens with zero attached hydrogens (tertiary/aromatic N) is 3. The first-order chi connectivity index (χ1) is 9.33. The van der Waals surface area contributed by atoms with Gasteiger partial charge in [0.25, 0.3) is 0 Å². The van der Waals surface area contributed by atoms with E-state index in [1.807, 2.05) is 13.1 Å². The fraction of sp³-hybridized carbons (Fsp3) is 0.667. The van der Waals surface area contributed by atoms with Gasteiger partial charge < -0.3 is 9.64 Å². The zero-order valence-electron chi connectivity index (χ0n) is 11.7. The number of hydrogen-bond acceptors (Lipinski definition) is 4. The second kappa shape index (κ2) is 5.88. The highest BCUT2D eigenvalue weighted by Gasteiger charge is 2.25. The summed E-state index contributed by atoms with van der Waals surface area (Å²) in [6, 6.07) is 5.03. The zero-order chi connectivity index (χ0) is 13.1. The fourth-order valence-electron chi connectivity index (χ4n) is 3.04. The van der Waals surface area contributed by atoms with Crippen LogP contribution in [-0.2, 0) is 4.74 Å². The van der Waals surface area contributed by atoms with Crippen LogP contribution in [0.2, 0.25) is 0 Å². The summed E-state index contributed by atoms with van der Waals surface area (Å²) in [6.45, 7) is 8.47. The number of aryl methyl sites for hydroxylation is 1. The van der Waals surface area contributed by atoms with Crippen LogP contribution in [0.15, 0.2) is 18.3 Å². The number of hydrogen-bond donors (Lipinski definition) is 0. The summed E-state index contributed by atoms with van der Waals surface area (Å²) in [5.74, 6) is 0. The molecule has 0 radical (unpaired) electrons. The fourth-order valence-corrected chi connectivity index (χ4v) is 3.04. The Morgan fingerprint density at radius 2 is 1.84 bits per heavy atom. The molecule has 2 aliphatic rings. The maximum atomic E-state index is 5.45. The van der Waals surface area contributed by atoms with Gasteiger partial charge in [-0.1, -0.05) is 0 Å². The van der Waals surface area contributed by atoms with Crippen LogP contribution in [0.5, 0.6) is 0 Å². The number of aromatic nitrogens is 1. The predicted molar refractivity (Wildman–Crippen MR) is 76.6 cm³/mol. The van der Waals surface area contributed by atoms with E-state index in [9.17, 15) is 0 Å². The summed E-state index contributed by atoms with van der Waals surface area (Å²) in [5.41, 5.74) is 2.35. The van der Waals surface area contributed by atoms with Gasteiger partial charge in [0, 0.05) is 51.1 Å². The topological polar surface area (TPSA) is 28.6 Å². The van der Waals surface area contributed by atoms with E-state index in [0.29, 0.717) is 0 Å². The van der Waals surface area contributed by atoms with Crippen molar-refractivity contribution in [1.29, 1.82) is 0 Å². The molecule has 19 heavy (non-hydrogen) atoms. The lowest BCUT2D eigenvalue weighted by Crippen LogP contribution is -2.51. The highest BCUT2D eigenvalue weighted by Crippen LogP contribution is 2.20. The lowest BCUT2D eigenvalue weighted by molar-refractivity contribution is 0.0321. The summed E-state index contributed by atoms with van der Waals surface area (Å²) >= 11 is 0. The molecule has 0 aromatic carbocycles. The highest BCUT2D eigenvalue weighted by atomic mass is 16.5. The van der Waals surface area contributed by atoms with E-state index in [4.69, 9.17) is 4.74 Å². The van der Waals surface area contributed by atoms with Gasteiger partial charge in [-0.2, -0.15) is 0 Å². The van der Waals surface area contributed by atoms with Crippen molar-refractivity contribution < 1.29 is 4.74 Å². The number of ether oxygens (including phenoxy) is 1. The molecule has 0 bridgehead atoms. The van der Waals surface area contributed by atoms with E-state index in [1.165, 1.54) is 31.6 Å². The first-order valence-electron chi connectivity index (χ1n) is 7.32. The summed E-state index contributed by atoms with van der Waals surface area (Å²) in [6.07, 6.45) is 4.40. The summed E-state index contributed by atoms with van der Waals surface area (Å²) in [4.78, 5) is 9.48. The molecular weight excluding hydrogens is 238 g/mol. The number of rotatable bonds is 2. The van der Waals surface area contributed by atoms with Crippen LogP contribution in [0, 0.1) is 6.92 Å². The minimum Gasteiger partial charge on any atom is -0.381 e. The minimum absolute atomic E-state index is 0.743. The molecule has 0 amide bonds.